The van der Waals surface area contributed by atoms with Crippen molar-refractivity contribution in [2.75, 3.05) is 0 Å². The van der Waals surface area contributed by atoms with E-state index in [0.717, 1.165) is 6.92 Å². The molecule has 0 aliphatic heterocycles. The number of alkyl halides is 1. The molecule has 0 heterocycles. The lowest BCUT2D eigenvalue weighted by Gasteiger charge is -2.11. The van der Waals surface area contributed by atoms with Gasteiger partial charge in [-0.25, -0.2) is 4.39 Å². The zero-order chi connectivity index (χ0) is 11.7. The van der Waals surface area contributed by atoms with Crippen LogP contribution in [0.25, 0.3) is 0 Å². The van der Waals surface area contributed by atoms with Crippen LogP contribution in [0.3, 0.4) is 0 Å². The first kappa shape index (κ1) is 13.3. The Kier molecular flexibility index (Phi) is 5.91. The minimum Gasteiger partial charge on any atom is -0.295 e. The van der Waals surface area contributed by atoms with Crippen LogP contribution in [-0.2, 0) is 4.79 Å². The van der Waals surface area contributed by atoms with Crippen LogP contribution in [0.5, 0.6) is 0 Å². The summed E-state index contributed by atoms with van der Waals surface area (Å²) in [6.45, 7) is 1.15. The molecule has 0 aromatic rings. The number of carbonyl (C=O) groups is 1. The fourth-order valence-corrected chi connectivity index (χ4v) is 1.11. The Morgan fingerprint density at radius 2 is 1.87 bits per heavy atom. The van der Waals surface area contributed by atoms with E-state index in [1.54, 1.807) is 13.6 Å². The number of ketones is 1. The molecule has 2 atom stereocenters. The van der Waals surface area contributed by atoms with Crippen molar-refractivity contribution in [2.24, 2.45) is 0 Å². The van der Waals surface area contributed by atoms with Crippen LogP contribution >= 0.6 is 8.46 Å². The number of rotatable bonds is 2. The lowest BCUT2D eigenvalue weighted by molar-refractivity contribution is -0.121. The van der Waals surface area contributed by atoms with Crippen molar-refractivity contribution < 1.29 is 9.18 Å². The number of nitriles is 1. The second-order valence-corrected chi connectivity index (χ2v) is 3.52. The maximum absolute atomic E-state index is 13.6. The van der Waals surface area contributed by atoms with Gasteiger partial charge in [0.25, 0.3) is 0 Å². The molecule has 0 N–H and O–H groups in total. The average Bonchev–Trinajstić information content (AvgIpc) is 2.22. The molecule has 0 aliphatic rings. The zero-order valence-corrected chi connectivity index (χ0v) is 9.23. The molecule has 0 saturated carbocycles. The lowest BCUT2D eigenvalue weighted by Crippen LogP contribution is -2.23. The smallest absolute Gasteiger partial charge is 0.235 e. The quantitative estimate of drug-likeness (QED) is 0.371. The molecule has 0 radical (unpaired) electrons. The molecule has 0 spiro atoms. The number of Topliss-reactive ketones (excluding diaryl/α,β-unsaturated/α-hetero) is 1. The molecule has 2 unspecified atom stereocenters. The Balaban J connectivity index is 4.71. The fourth-order valence-electron chi connectivity index (χ4n) is 0.566. The molecule has 15 heavy (non-hydrogen) atoms. The van der Waals surface area contributed by atoms with Crippen molar-refractivity contribution in [1.29, 1.82) is 5.26 Å². The normalized spacial score (nSPS) is 11.8. The number of hydrogen-bond acceptors (Lipinski definition) is 2. The minimum atomic E-state index is -2.10. The van der Waals surface area contributed by atoms with Gasteiger partial charge in [0, 0.05) is 17.8 Å². The van der Waals surface area contributed by atoms with Gasteiger partial charge >= 0.3 is 0 Å². The summed E-state index contributed by atoms with van der Waals surface area (Å²) in [6.07, 6.45) is 0. The summed E-state index contributed by atoms with van der Waals surface area (Å²) in [4.78, 5) is 10.9. The zero-order valence-electron chi connectivity index (χ0n) is 8.23. The van der Waals surface area contributed by atoms with Crippen molar-refractivity contribution in [3.8, 4) is 41.6 Å². The van der Waals surface area contributed by atoms with Gasteiger partial charge in [-0.2, -0.15) is 5.26 Å². The maximum atomic E-state index is 13.6. The second kappa shape index (κ2) is 6.68. The Labute approximate surface area is 90.8 Å². The van der Waals surface area contributed by atoms with Crippen molar-refractivity contribution in [2.45, 2.75) is 12.3 Å². The Morgan fingerprint density at radius 3 is 2.33 bits per heavy atom. The van der Waals surface area contributed by atoms with E-state index >= 15 is 0 Å². The van der Waals surface area contributed by atoms with E-state index in [1.807, 2.05) is 5.92 Å². The Bertz CT molecular complexity index is 477. The summed E-state index contributed by atoms with van der Waals surface area (Å²) in [5.74, 6) is 12.4. The lowest BCUT2D eigenvalue weighted by atomic mass is 10.3. The van der Waals surface area contributed by atoms with Gasteiger partial charge in [-0.15, -0.1) is 8.46 Å². The topological polar surface area (TPSA) is 40.9 Å². The first-order chi connectivity index (χ1) is 7.06. The highest BCUT2D eigenvalue weighted by Gasteiger charge is 2.30. The molecule has 0 aromatic carbocycles. The molecule has 0 bridgehead atoms. The van der Waals surface area contributed by atoms with E-state index in [9.17, 15) is 9.18 Å². The monoisotopic (exact) mass is 217 g/mol. The van der Waals surface area contributed by atoms with Crippen LogP contribution in [-0.4, -0.2) is 18.8 Å². The third-order valence-corrected chi connectivity index (χ3v) is 2.54. The Hall–Kier alpha value is -1.74. The van der Waals surface area contributed by atoms with E-state index in [2.05, 4.69) is 29.6 Å². The van der Waals surface area contributed by atoms with Crippen LogP contribution < -0.4 is 0 Å². The van der Waals surface area contributed by atoms with Gasteiger partial charge in [0.05, 0.1) is 0 Å². The van der Waals surface area contributed by atoms with E-state index in [-0.39, 0.29) is 8.46 Å². The van der Waals surface area contributed by atoms with Crippen molar-refractivity contribution >= 4 is 21.8 Å². The molecular formula is C10H6BFNOP. The van der Waals surface area contributed by atoms with E-state index < -0.39 is 11.2 Å². The van der Waals surface area contributed by atoms with Crippen molar-refractivity contribution in [3.63, 3.8) is 0 Å². The summed E-state index contributed by atoms with van der Waals surface area (Å²) in [6, 6.07) is 1.57. The standard InChI is InChI=1S/C10H6BFNOP/c1-9(14)10(12,15-11)7-5-3-2-4-6-8-13/h15H,11H2,1H3. The van der Waals surface area contributed by atoms with Crippen LogP contribution in [0.15, 0.2) is 0 Å². The highest BCUT2D eigenvalue weighted by atomic mass is 31.1. The molecule has 72 valence electrons. The van der Waals surface area contributed by atoms with E-state index in [1.165, 1.54) is 0 Å². The summed E-state index contributed by atoms with van der Waals surface area (Å²) >= 11 is 0. The number of nitrogens with zero attached hydrogens (tertiary/aromatic N) is 1. The van der Waals surface area contributed by atoms with Gasteiger partial charge in [0.15, 0.2) is 11.9 Å². The molecule has 5 heteroatoms. The molecule has 0 aromatic heterocycles. The first-order valence-electron chi connectivity index (χ1n) is 3.87. The molecule has 0 amide bonds. The van der Waals surface area contributed by atoms with Crippen molar-refractivity contribution in [3.05, 3.63) is 0 Å². The van der Waals surface area contributed by atoms with Gasteiger partial charge in [-0.05, 0) is 24.7 Å². The molecule has 0 rings (SSSR count). The largest absolute Gasteiger partial charge is 0.295 e. The van der Waals surface area contributed by atoms with Crippen LogP contribution in [0, 0.1) is 46.9 Å². The SMILES string of the molecule is BPC(F)(C#CC#CC#CC#N)C(C)=O. The second-order valence-electron chi connectivity index (χ2n) is 2.33. The van der Waals surface area contributed by atoms with Gasteiger partial charge < -0.3 is 0 Å². The summed E-state index contributed by atoms with van der Waals surface area (Å²) in [5.41, 5.74) is 0. The molecular weight excluding hydrogens is 211 g/mol. The van der Waals surface area contributed by atoms with Crippen LogP contribution in [0.4, 0.5) is 4.39 Å². The van der Waals surface area contributed by atoms with Gasteiger partial charge in [0.1, 0.15) is 7.57 Å². The van der Waals surface area contributed by atoms with Crippen LogP contribution in [0.1, 0.15) is 6.92 Å². The summed E-state index contributed by atoms with van der Waals surface area (Å²) < 4.78 is 13.6. The van der Waals surface area contributed by atoms with Gasteiger partial charge in [-0.3, -0.25) is 4.79 Å². The van der Waals surface area contributed by atoms with E-state index in [0.29, 0.717) is 0 Å². The average molecular weight is 217 g/mol. The Morgan fingerprint density at radius 1 is 1.33 bits per heavy atom. The predicted octanol–water partition coefficient (Wildman–Crippen LogP) is 0.00158. The first-order valence-corrected chi connectivity index (χ1v) is 5.37. The maximum Gasteiger partial charge on any atom is 0.235 e. The van der Waals surface area contributed by atoms with E-state index in [4.69, 9.17) is 5.26 Å². The number of carbonyl (C=O) groups excluding carboxylic acids is 1. The fraction of sp³-hybridized carbons (Fsp3) is 0.200. The number of hydrogen-bond donors (Lipinski definition) is 0. The highest BCUT2D eigenvalue weighted by Crippen LogP contribution is 2.29. The molecule has 0 saturated heterocycles. The van der Waals surface area contributed by atoms with Crippen molar-refractivity contribution in [1.82, 2.24) is 0 Å². The summed E-state index contributed by atoms with van der Waals surface area (Å²) in [5, 5.41) is 5.93. The molecule has 0 aliphatic carbocycles. The third-order valence-electron chi connectivity index (χ3n) is 1.37. The van der Waals surface area contributed by atoms with Gasteiger partial charge in [-0.1, -0.05) is 0 Å². The predicted molar refractivity (Wildman–Crippen MR) is 60.3 cm³/mol. The third kappa shape index (κ3) is 4.89. The highest BCUT2D eigenvalue weighted by molar-refractivity contribution is 7.68. The van der Waals surface area contributed by atoms with Crippen LogP contribution in [0.2, 0.25) is 0 Å². The summed E-state index contributed by atoms with van der Waals surface area (Å²) in [7, 11) is 1.30. The number of halogens is 1. The molecule has 2 nitrogen and oxygen atoms in total. The molecule has 0 fully saturated rings. The minimum absolute atomic E-state index is 0.252. The van der Waals surface area contributed by atoms with Gasteiger partial charge in [0.2, 0.25) is 5.41 Å².